The van der Waals surface area contributed by atoms with Crippen LogP contribution in [-0.2, 0) is 4.74 Å². The zero-order chi connectivity index (χ0) is 16.3. The Labute approximate surface area is 132 Å². The van der Waals surface area contributed by atoms with E-state index in [-0.39, 0.29) is 5.97 Å². The number of anilines is 1. The molecule has 0 aromatic carbocycles. The van der Waals surface area contributed by atoms with E-state index < -0.39 is 0 Å². The first-order valence-electron chi connectivity index (χ1n) is 7.87. The summed E-state index contributed by atoms with van der Waals surface area (Å²) in [5.74, 6) is 0.314. The Morgan fingerprint density at radius 1 is 1.55 bits per heavy atom. The fourth-order valence-electron chi connectivity index (χ4n) is 2.81. The largest absolute Gasteiger partial charge is 0.462 e. The van der Waals surface area contributed by atoms with Crippen LogP contribution in [0, 0.1) is 6.92 Å². The van der Waals surface area contributed by atoms with Crippen LogP contribution < -0.4 is 4.90 Å². The van der Waals surface area contributed by atoms with Crippen LogP contribution in [0.1, 0.15) is 42.7 Å². The predicted molar refractivity (Wildman–Crippen MR) is 86.2 cm³/mol. The van der Waals surface area contributed by atoms with Gasteiger partial charge in [-0.2, -0.15) is 0 Å². The summed E-state index contributed by atoms with van der Waals surface area (Å²) in [6, 6.07) is 0.986. The van der Waals surface area contributed by atoms with Crippen LogP contribution in [0.15, 0.2) is 6.20 Å². The summed E-state index contributed by atoms with van der Waals surface area (Å²) in [6.07, 6.45) is 3.76. The van der Waals surface area contributed by atoms with Gasteiger partial charge in [-0.3, -0.25) is 0 Å². The molecule has 0 radical (unpaired) electrons. The van der Waals surface area contributed by atoms with E-state index in [4.69, 9.17) is 4.74 Å². The third kappa shape index (κ3) is 3.55. The number of piperidine rings is 1. The average Bonchev–Trinajstić information content (AvgIpc) is 2.49. The van der Waals surface area contributed by atoms with Gasteiger partial charge in [-0.1, -0.05) is 0 Å². The van der Waals surface area contributed by atoms with Crippen molar-refractivity contribution in [2.24, 2.45) is 0 Å². The van der Waals surface area contributed by atoms with Gasteiger partial charge in [0.05, 0.1) is 17.9 Å². The Morgan fingerprint density at radius 3 is 2.86 bits per heavy atom. The van der Waals surface area contributed by atoms with Gasteiger partial charge in [0.2, 0.25) is 5.95 Å². The Bertz CT molecular complexity index is 535. The lowest BCUT2D eigenvalue weighted by Gasteiger charge is -2.39. The number of carbonyl (C=O) groups excluding carboxylic acids is 1. The fourth-order valence-corrected chi connectivity index (χ4v) is 2.81. The number of hydrogen-bond acceptors (Lipinski definition) is 6. The standard InChI is InChI=1S/C16H26N4O2/c1-6-22-15(21)14-10-17-16(18-12(14)3)20(5)13-7-8-19(4)11(2)9-13/h10-11,13H,6-9H2,1-5H3/t11-,13+/m0/s1. The van der Waals surface area contributed by atoms with Gasteiger partial charge in [-0.25, -0.2) is 14.8 Å². The van der Waals surface area contributed by atoms with Gasteiger partial charge in [0.15, 0.2) is 0 Å². The Morgan fingerprint density at radius 2 is 2.27 bits per heavy atom. The molecule has 0 amide bonds. The Kier molecular flexibility index (Phi) is 5.34. The zero-order valence-corrected chi connectivity index (χ0v) is 14.2. The molecule has 0 aliphatic carbocycles. The fraction of sp³-hybridized carbons (Fsp3) is 0.688. The smallest absolute Gasteiger partial charge is 0.341 e. The molecule has 122 valence electrons. The lowest BCUT2D eigenvalue weighted by Crippen LogP contribution is -2.46. The summed E-state index contributed by atoms with van der Waals surface area (Å²) in [4.78, 5) is 25.2. The van der Waals surface area contributed by atoms with E-state index in [2.05, 4.69) is 33.7 Å². The topological polar surface area (TPSA) is 58.6 Å². The summed E-state index contributed by atoms with van der Waals surface area (Å²) in [6.45, 7) is 7.29. The molecule has 1 aromatic rings. The van der Waals surface area contributed by atoms with Gasteiger partial charge >= 0.3 is 5.97 Å². The first-order valence-corrected chi connectivity index (χ1v) is 7.87. The number of ether oxygens (including phenoxy) is 1. The summed E-state index contributed by atoms with van der Waals surface area (Å²) in [5, 5.41) is 0. The monoisotopic (exact) mass is 306 g/mol. The van der Waals surface area contributed by atoms with Crippen LogP contribution in [0.3, 0.4) is 0 Å². The van der Waals surface area contributed by atoms with Crippen molar-refractivity contribution in [2.45, 2.75) is 45.7 Å². The number of rotatable bonds is 4. The molecule has 2 rings (SSSR count). The Balaban J connectivity index is 2.12. The van der Waals surface area contributed by atoms with Crippen LogP contribution >= 0.6 is 0 Å². The molecule has 0 spiro atoms. The quantitative estimate of drug-likeness (QED) is 0.792. The molecule has 6 nitrogen and oxygen atoms in total. The molecule has 0 N–H and O–H groups in total. The van der Waals surface area contributed by atoms with Gasteiger partial charge in [-0.15, -0.1) is 0 Å². The molecule has 0 bridgehead atoms. The SMILES string of the molecule is CCOC(=O)c1cnc(N(C)[C@@H]2CCN(C)[C@@H](C)C2)nc1C. The molecule has 6 heteroatoms. The van der Waals surface area contributed by atoms with Crippen LogP contribution in [0.4, 0.5) is 5.95 Å². The van der Waals surface area contributed by atoms with Crippen molar-refractivity contribution in [3.8, 4) is 0 Å². The number of likely N-dealkylation sites (tertiary alicyclic amines) is 1. The minimum atomic E-state index is -0.359. The predicted octanol–water partition coefficient (Wildman–Crippen LogP) is 1.88. The second kappa shape index (κ2) is 7.05. The summed E-state index contributed by atoms with van der Waals surface area (Å²) >= 11 is 0. The van der Waals surface area contributed by atoms with E-state index in [1.54, 1.807) is 13.1 Å². The first-order chi connectivity index (χ1) is 10.4. The maximum absolute atomic E-state index is 11.8. The molecule has 22 heavy (non-hydrogen) atoms. The number of aryl methyl sites for hydroxylation is 1. The third-order valence-corrected chi connectivity index (χ3v) is 4.51. The second-order valence-electron chi connectivity index (χ2n) is 6.01. The number of aromatic nitrogens is 2. The molecule has 0 saturated carbocycles. The molecule has 1 saturated heterocycles. The highest BCUT2D eigenvalue weighted by atomic mass is 16.5. The highest BCUT2D eigenvalue weighted by Crippen LogP contribution is 2.23. The number of nitrogens with zero attached hydrogens (tertiary/aromatic N) is 4. The maximum Gasteiger partial charge on any atom is 0.341 e. The summed E-state index contributed by atoms with van der Waals surface area (Å²) < 4.78 is 5.01. The van der Waals surface area contributed by atoms with Crippen molar-refractivity contribution >= 4 is 11.9 Å². The molecule has 2 heterocycles. The number of hydrogen-bond donors (Lipinski definition) is 0. The van der Waals surface area contributed by atoms with Crippen LogP contribution in [-0.4, -0.2) is 60.2 Å². The minimum Gasteiger partial charge on any atom is -0.462 e. The Hall–Kier alpha value is -1.69. The molecule has 1 aliphatic heterocycles. The average molecular weight is 306 g/mol. The van der Waals surface area contributed by atoms with E-state index in [1.807, 2.05) is 14.0 Å². The van der Waals surface area contributed by atoms with Crippen LogP contribution in [0.5, 0.6) is 0 Å². The maximum atomic E-state index is 11.8. The summed E-state index contributed by atoms with van der Waals surface area (Å²) in [7, 11) is 4.19. The van der Waals surface area contributed by atoms with Crippen LogP contribution in [0.2, 0.25) is 0 Å². The molecule has 1 aromatic heterocycles. The molecule has 2 atom stereocenters. The van der Waals surface area contributed by atoms with E-state index in [1.165, 1.54) is 0 Å². The lowest BCUT2D eigenvalue weighted by molar-refractivity contribution is 0.0524. The van der Waals surface area contributed by atoms with Gasteiger partial charge in [0, 0.05) is 31.9 Å². The molecule has 1 fully saturated rings. The van der Waals surface area contributed by atoms with Gasteiger partial charge < -0.3 is 14.5 Å². The first kappa shape index (κ1) is 16.7. The van der Waals surface area contributed by atoms with Crippen molar-refractivity contribution in [3.05, 3.63) is 17.5 Å². The van der Waals surface area contributed by atoms with Gasteiger partial charge in [0.25, 0.3) is 0 Å². The van der Waals surface area contributed by atoms with Crippen molar-refractivity contribution in [1.82, 2.24) is 14.9 Å². The highest BCUT2D eigenvalue weighted by Gasteiger charge is 2.27. The van der Waals surface area contributed by atoms with E-state index in [9.17, 15) is 4.79 Å². The third-order valence-electron chi connectivity index (χ3n) is 4.51. The van der Waals surface area contributed by atoms with Gasteiger partial charge in [0.1, 0.15) is 0 Å². The lowest BCUT2D eigenvalue weighted by atomic mass is 9.98. The molecular formula is C16H26N4O2. The van der Waals surface area contributed by atoms with Crippen molar-refractivity contribution in [1.29, 1.82) is 0 Å². The van der Waals surface area contributed by atoms with Crippen molar-refractivity contribution < 1.29 is 9.53 Å². The zero-order valence-electron chi connectivity index (χ0n) is 14.2. The van der Waals surface area contributed by atoms with E-state index in [0.717, 1.165) is 19.4 Å². The van der Waals surface area contributed by atoms with Crippen molar-refractivity contribution in [2.75, 3.05) is 32.1 Å². The molecular weight excluding hydrogens is 280 g/mol. The molecule has 1 aliphatic rings. The molecule has 0 unspecified atom stereocenters. The van der Waals surface area contributed by atoms with E-state index >= 15 is 0 Å². The number of carbonyl (C=O) groups is 1. The highest BCUT2D eigenvalue weighted by molar-refractivity contribution is 5.90. The van der Waals surface area contributed by atoms with Crippen molar-refractivity contribution in [3.63, 3.8) is 0 Å². The number of esters is 1. The normalized spacial score (nSPS) is 22.4. The van der Waals surface area contributed by atoms with E-state index in [0.29, 0.717) is 35.9 Å². The van der Waals surface area contributed by atoms with Crippen LogP contribution in [0.25, 0.3) is 0 Å². The van der Waals surface area contributed by atoms with Gasteiger partial charge in [-0.05, 0) is 40.7 Å². The second-order valence-corrected chi connectivity index (χ2v) is 6.01. The minimum absolute atomic E-state index is 0.355. The summed E-state index contributed by atoms with van der Waals surface area (Å²) in [5.41, 5.74) is 1.10.